The fourth-order valence-electron chi connectivity index (χ4n) is 4.54. The van der Waals surface area contributed by atoms with Gasteiger partial charge in [-0.3, -0.25) is 23.8 Å². The van der Waals surface area contributed by atoms with Crippen LogP contribution in [0.15, 0.2) is 89.0 Å². The molecule has 3 heterocycles. The molecule has 0 atom stereocenters. The molecule has 2 aromatic carbocycles. The van der Waals surface area contributed by atoms with E-state index in [2.05, 4.69) is 15.4 Å². The Balaban J connectivity index is 1.23. The van der Waals surface area contributed by atoms with Crippen LogP contribution in [-0.2, 0) is 0 Å². The molecule has 1 amide bonds. The largest absolute Gasteiger partial charge is 0.454 e. The molecule has 0 radical (unpaired) electrons. The van der Waals surface area contributed by atoms with Crippen LogP contribution >= 0.6 is 0 Å². The van der Waals surface area contributed by atoms with Crippen molar-refractivity contribution in [2.75, 3.05) is 5.32 Å². The van der Waals surface area contributed by atoms with Gasteiger partial charge in [-0.25, -0.2) is 18.1 Å². The zero-order chi connectivity index (χ0) is 30.2. The molecule has 0 unspecified atom stereocenters. The number of hydrogen-bond donors (Lipinski definition) is 1. The predicted molar refractivity (Wildman–Crippen MR) is 155 cm³/mol. The van der Waals surface area contributed by atoms with Crippen LogP contribution in [0.4, 0.5) is 14.5 Å². The van der Waals surface area contributed by atoms with Crippen LogP contribution in [0.25, 0.3) is 16.9 Å². The van der Waals surface area contributed by atoms with Gasteiger partial charge in [0, 0.05) is 48.0 Å². The molecule has 43 heavy (non-hydrogen) atoms. The molecule has 1 aliphatic carbocycles. The maximum Gasteiger partial charge on any atom is 0.335 e. The van der Waals surface area contributed by atoms with E-state index in [1.165, 1.54) is 28.8 Å². The first kappa shape index (κ1) is 27.8. The molecule has 0 bridgehead atoms. The Morgan fingerprint density at radius 1 is 1.02 bits per heavy atom. The highest BCUT2D eigenvalue weighted by Crippen LogP contribution is 2.35. The Hall–Kier alpha value is -5.39. The molecule has 6 rings (SSSR count). The quantitative estimate of drug-likeness (QED) is 0.258. The van der Waals surface area contributed by atoms with E-state index in [0.29, 0.717) is 17.5 Å². The summed E-state index contributed by atoms with van der Waals surface area (Å²) in [5.74, 6) is -1.88. The lowest BCUT2D eigenvalue weighted by molar-refractivity contribution is 0.102. The third-order valence-electron chi connectivity index (χ3n) is 6.97. The lowest BCUT2D eigenvalue weighted by Gasteiger charge is -2.16. The monoisotopic (exact) mass is 584 g/mol. The number of anilines is 1. The van der Waals surface area contributed by atoms with Gasteiger partial charge >= 0.3 is 5.69 Å². The average Bonchev–Trinajstić information content (AvgIpc) is 3.71. The number of halogens is 2. The van der Waals surface area contributed by atoms with Crippen molar-refractivity contribution in [2.24, 2.45) is 0 Å². The topological polar surface area (TPSA) is 113 Å². The van der Waals surface area contributed by atoms with E-state index < -0.39 is 34.8 Å². The van der Waals surface area contributed by atoms with Crippen LogP contribution in [-0.4, -0.2) is 29.8 Å². The average molecular weight is 585 g/mol. The highest BCUT2D eigenvalue weighted by Gasteiger charge is 2.24. The fourth-order valence-corrected chi connectivity index (χ4v) is 4.54. The van der Waals surface area contributed by atoms with Gasteiger partial charge in [-0.05, 0) is 69.2 Å². The Bertz CT molecular complexity index is 1960. The van der Waals surface area contributed by atoms with E-state index in [1.54, 1.807) is 38.4 Å². The normalized spacial score (nSPS) is 12.9. The minimum atomic E-state index is -0.900. The second-order valence-corrected chi connectivity index (χ2v) is 10.5. The predicted octanol–water partition coefficient (Wildman–Crippen LogP) is 5.50. The summed E-state index contributed by atoms with van der Waals surface area (Å²) in [5, 5.41) is 6.88. The van der Waals surface area contributed by atoms with Gasteiger partial charge in [0.25, 0.3) is 11.5 Å². The van der Waals surface area contributed by atoms with Crippen molar-refractivity contribution in [2.45, 2.75) is 38.8 Å². The summed E-state index contributed by atoms with van der Waals surface area (Å²) in [7, 11) is 0. The maximum absolute atomic E-state index is 15.1. The zero-order valence-corrected chi connectivity index (χ0v) is 23.2. The van der Waals surface area contributed by atoms with Crippen molar-refractivity contribution in [3.05, 3.63) is 117 Å². The van der Waals surface area contributed by atoms with E-state index in [0.717, 1.165) is 47.4 Å². The van der Waals surface area contributed by atoms with Gasteiger partial charge in [-0.15, -0.1) is 0 Å². The number of rotatable bonds is 8. The molecule has 0 spiro atoms. The molecule has 0 saturated heterocycles. The number of amides is 1. The van der Waals surface area contributed by atoms with E-state index >= 15 is 4.39 Å². The first-order valence-corrected chi connectivity index (χ1v) is 13.6. The SMILES string of the molecule is CC(C)n1cc(C(=O)Nc2ccc(Oc3ccnc(-c4cnn(C5CC5)c4)c3)c(F)c2)c(=O)n(-c2ccc(F)cc2)c1=O. The van der Waals surface area contributed by atoms with E-state index in [9.17, 15) is 18.8 Å². The standard InChI is InChI=1S/C31H26F2N6O4/c1-18(2)37-17-25(30(41)39(31(37)42)23-6-3-20(32)4-7-23)29(40)36-21-5-10-28(26(33)13-21)43-24-11-12-34-27(14-24)19-15-35-38(16-19)22-8-9-22/h3-7,10-18,22H,8-9H2,1-2H3,(H,36,40). The third-order valence-corrected chi connectivity index (χ3v) is 6.97. The van der Waals surface area contributed by atoms with Gasteiger partial charge in [0.15, 0.2) is 11.6 Å². The number of benzene rings is 2. The smallest absolute Gasteiger partial charge is 0.335 e. The lowest BCUT2D eigenvalue weighted by Crippen LogP contribution is -2.42. The number of carbonyl (C=O) groups excluding carboxylic acids is 1. The summed E-state index contributed by atoms with van der Waals surface area (Å²) >= 11 is 0. The number of carbonyl (C=O) groups is 1. The highest BCUT2D eigenvalue weighted by molar-refractivity contribution is 6.03. The lowest BCUT2D eigenvalue weighted by atomic mass is 10.2. The van der Waals surface area contributed by atoms with Crippen LogP contribution in [0.5, 0.6) is 11.5 Å². The van der Waals surface area contributed by atoms with Gasteiger partial charge in [0.05, 0.1) is 23.6 Å². The number of nitrogens with one attached hydrogen (secondary N) is 1. The van der Waals surface area contributed by atoms with Crippen molar-refractivity contribution in [1.82, 2.24) is 23.9 Å². The molecule has 10 nitrogen and oxygen atoms in total. The summed E-state index contributed by atoms with van der Waals surface area (Å²) in [6, 6.07) is 11.9. The van der Waals surface area contributed by atoms with Crippen LogP contribution in [0.2, 0.25) is 0 Å². The molecule has 12 heteroatoms. The minimum Gasteiger partial charge on any atom is -0.454 e. The van der Waals surface area contributed by atoms with Crippen molar-refractivity contribution < 1.29 is 18.3 Å². The first-order chi connectivity index (χ1) is 20.7. The number of aromatic nitrogens is 5. The molecule has 1 N–H and O–H groups in total. The maximum atomic E-state index is 15.1. The van der Waals surface area contributed by atoms with E-state index in [1.807, 2.05) is 10.9 Å². The minimum absolute atomic E-state index is 0.0628. The second kappa shape index (κ2) is 11.1. The molecule has 5 aromatic rings. The van der Waals surface area contributed by atoms with Crippen LogP contribution in [0.1, 0.15) is 49.1 Å². The van der Waals surface area contributed by atoms with Crippen LogP contribution in [0, 0.1) is 11.6 Å². The number of ether oxygens (including phenoxy) is 1. The molecule has 3 aromatic heterocycles. The van der Waals surface area contributed by atoms with Gasteiger partial charge in [0.2, 0.25) is 0 Å². The van der Waals surface area contributed by atoms with Gasteiger partial charge in [0.1, 0.15) is 17.1 Å². The molecule has 218 valence electrons. The summed E-state index contributed by atoms with van der Waals surface area (Å²) in [4.78, 5) is 43.9. The summed E-state index contributed by atoms with van der Waals surface area (Å²) < 4.78 is 38.2. The molecule has 1 aliphatic rings. The first-order valence-electron chi connectivity index (χ1n) is 13.6. The molecule has 1 saturated carbocycles. The summed E-state index contributed by atoms with van der Waals surface area (Å²) in [6.45, 7) is 3.42. The molecular weight excluding hydrogens is 558 g/mol. The van der Waals surface area contributed by atoms with Crippen molar-refractivity contribution >= 4 is 11.6 Å². The summed E-state index contributed by atoms with van der Waals surface area (Å²) in [5.41, 5.74) is -0.334. The van der Waals surface area contributed by atoms with Gasteiger partial charge in [-0.1, -0.05) is 0 Å². The molecule has 0 aliphatic heterocycles. The second-order valence-electron chi connectivity index (χ2n) is 10.5. The third kappa shape index (κ3) is 5.71. The van der Waals surface area contributed by atoms with E-state index in [-0.39, 0.29) is 22.7 Å². The van der Waals surface area contributed by atoms with Crippen molar-refractivity contribution in [1.29, 1.82) is 0 Å². The number of hydrogen-bond acceptors (Lipinski definition) is 6. The fraction of sp³-hybridized carbons (Fsp3) is 0.194. The zero-order valence-electron chi connectivity index (χ0n) is 23.2. The van der Waals surface area contributed by atoms with Crippen LogP contribution in [0.3, 0.4) is 0 Å². The van der Waals surface area contributed by atoms with Crippen molar-refractivity contribution in [3.63, 3.8) is 0 Å². The van der Waals surface area contributed by atoms with Crippen molar-refractivity contribution in [3.8, 4) is 28.4 Å². The Morgan fingerprint density at radius 2 is 1.79 bits per heavy atom. The van der Waals surface area contributed by atoms with Crippen LogP contribution < -0.4 is 21.3 Å². The molecule has 1 fully saturated rings. The highest BCUT2D eigenvalue weighted by atomic mass is 19.1. The Labute approximate surface area is 243 Å². The Morgan fingerprint density at radius 3 is 2.49 bits per heavy atom. The Kier molecular flexibility index (Phi) is 7.18. The number of nitrogens with zero attached hydrogens (tertiary/aromatic N) is 5. The van der Waals surface area contributed by atoms with Gasteiger partial charge in [-0.2, -0.15) is 5.10 Å². The van der Waals surface area contributed by atoms with E-state index in [4.69, 9.17) is 4.74 Å². The number of pyridine rings is 1. The van der Waals surface area contributed by atoms with Gasteiger partial charge < -0.3 is 10.1 Å². The summed E-state index contributed by atoms with van der Waals surface area (Å²) in [6.07, 6.45) is 8.57. The molecular formula is C31H26F2N6O4.